The third-order valence-electron chi connectivity index (χ3n) is 2.11. The molecule has 0 saturated carbocycles. The molecule has 0 saturated heterocycles. The lowest BCUT2D eigenvalue weighted by Crippen LogP contribution is -1.87. The number of ether oxygens (including phenoxy) is 2. The molecule has 2 nitrogen and oxygen atoms in total. The fourth-order valence-corrected chi connectivity index (χ4v) is 1.52. The van der Waals surface area contributed by atoms with Gasteiger partial charge in [-0.3, -0.25) is 0 Å². The first-order valence-electron chi connectivity index (χ1n) is 4.86. The number of methoxy groups -OCH3 is 1. The molecule has 0 radical (unpaired) electrons. The quantitative estimate of drug-likeness (QED) is 0.795. The van der Waals surface area contributed by atoms with Crippen LogP contribution in [0.4, 0.5) is 0 Å². The van der Waals surface area contributed by atoms with Crippen molar-refractivity contribution in [1.82, 2.24) is 0 Å². The van der Waals surface area contributed by atoms with E-state index in [1.165, 1.54) is 0 Å². The van der Waals surface area contributed by atoms with Gasteiger partial charge in [0.1, 0.15) is 17.2 Å². The Morgan fingerprint density at radius 3 is 2.31 bits per heavy atom. The number of hydrogen-bond donors (Lipinski definition) is 0. The predicted octanol–water partition coefficient (Wildman–Crippen LogP) is 4.14. The van der Waals surface area contributed by atoms with Gasteiger partial charge in [0, 0.05) is 6.07 Å². The van der Waals surface area contributed by atoms with Crippen LogP contribution in [0.1, 0.15) is 0 Å². The van der Waals surface area contributed by atoms with E-state index in [1.807, 2.05) is 36.4 Å². The minimum Gasteiger partial charge on any atom is -0.497 e. The zero-order valence-electron chi connectivity index (χ0n) is 8.81. The van der Waals surface area contributed by atoms with Gasteiger partial charge in [-0.15, -0.1) is 0 Å². The SMILES string of the molecule is COc1ccc(Oc2ccccc2)c(Cl)c1. The van der Waals surface area contributed by atoms with Gasteiger partial charge in [-0.25, -0.2) is 0 Å². The van der Waals surface area contributed by atoms with E-state index in [-0.39, 0.29) is 0 Å². The standard InChI is InChI=1S/C13H11ClO2/c1-15-11-7-8-13(12(14)9-11)16-10-5-3-2-4-6-10/h2-9H,1H3. The first-order chi connectivity index (χ1) is 7.79. The Balaban J connectivity index is 2.22. The molecule has 2 aromatic carbocycles. The molecule has 0 heterocycles. The van der Waals surface area contributed by atoms with Crippen LogP contribution in [0.3, 0.4) is 0 Å². The first-order valence-corrected chi connectivity index (χ1v) is 5.24. The van der Waals surface area contributed by atoms with Crippen molar-refractivity contribution in [3.63, 3.8) is 0 Å². The van der Waals surface area contributed by atoms with Crippen LogP contribution < -0.4 is 9.47 Å². The summed E-state index contributed by atoms with van der Waals surface area (Å²) in [7, 11) is 1.60. The molecule has 0 bridgehead atoms. The van der Waals surface area contributed by atoms with Gasteiger partial charge < -0.3 is 9.47 Å². The number of rotatable bonds is 3. The smallest absolute Gasteiger partial charge is 0.146 e. The average molecular weight is 235 g/mol. The normalized spacial score (nSPS) is 9.88. The largest absolute Gasteiger partial charge is 0.497 e. The van der Waals surface area contributed by atoms with E-state index in [9.17, 15) is 0 Å². The molecular weight excluding hydrogens is 224 g/mol. The van der Waals surface area contributed by atoms with Gasteiger partial charge in [0.25, 0.3) is 0 Å². The molecule has 0 N–H and O–H groups in total. The second-order valence-electron chi connectivity index (χ2n) is 3.21. The van der Waals surface area contributed by atoms with E-state index in [0.717, 1.165) is 5.75 Å². The maximum atomic E-state index is 6.05. The molecule has 0 amide bonds. The van der Waals surface area contributed by atoms with Gasteiger partial charge in [-0.2, -0.15) is 0 Å². The van der Waals surface area contributed by atoms with Gasteiger partial charge in [0.15, 0.2) is 0 Å². The third-order valence-corrected chi connectivity index (χ3v) is 2.41. The van der Waals surface area contributed by atoms with E-state index in [0.29, 0.717) is 16.5 Å². The fourth-order valence-electron chi connectivity index (χ4n) is 1.31. The van der Waals surface area contributed by atoms with E-state index in [1.54, 1.807) is 19.2 Å². The Hall–Kier alpha value is -1.67. The highest BCUT2D eigenvalue weighted by Crippen LogP contribution is 2.32. The fraction of sp³-hybridized carbons (Fsp3) is 0.0769. The highest BCUT2D eigenvalue weighted by atomic mass is 35.5. The maximum absolute atomic E-state index is 6.05. The third kappa shape index (κ3) is 2.47. The minimum absolute atomic E-state index is 0.531. The molecule has 0 aliphatic rings. The Morgan fingerprint density at radius 2 is 1.69 bits per heavy atom. The second-order valence-corrected chi connectivity index (χ2v) is 3.62. The zero-order chi connectivity index (χ0) is 11.4. The summed E-state index contributed by atoms with van der Waals surface area (Å²) in [4.78, 5) is 0. The predicted molar refractivity (Wildman–Crippen MR) is 64.5 cm³/mol. The van der Waals surface area contributed by atoms with Crippen molar-refractivity contribution in [3.05, 3.63) is 53.6 Å². The molecule has 0 aromatic heterocycles. The van der Waals surface area contributed by atoms with Crippen LogP contribution in [0.5, 0.6) is 17.2 Å². The Morgan fingerprint density at radius 1 is 0.938 bits per heavy atom. The highest BCUT2D eigenvalue weighted by molar-refractivity contribution is 6.32. The van der Waals surface area contributed by atoms with Gasteiger partial charge in [0.2, 0.25) is 0 Å². The number of para-hydroxylation sites is 1. The number of halogens is 1. The molecule has 0 unspecified atom stereocenters. The molecule has 3 heteroatoms. The topological polar surface area (TPSA) is 18.5 Å². The van der Waals surface area contributed by atoms with E-state index >= 15 is 0 Å². The minimum atomic E-state index is 0.531. The average Bonchev–Trinajstić information content (AvgIpc) is 2.33. The lowest BCUT2D eigenvalue weighted by molar-refractivity contribution is 0.413. The molecule has 0 aliphatic carbocycles. The summed E-state index contributed by atoms with van der Waals surface area (Å²) in [5.41, 5.74) is 0. The molecular formula is C13H11ClO2. The Bertz CT molecular complexity index is 469. The molecule has 0 atom stereocenters. The molecule has 16 heavy (non-hydrogen) atoms. The van der Waals surface area contributed by atoms with E-state index < -0.39 is 0 Å². The van der Waals surface area contributed by atoms with Gasteiger partial charge in [0.05, 0.1) is 12.1 Å². The Labute approximate surface area is 99.4 Å². The second kappa shape index (κ2) is 4.90. The highest BCUT2D eigenvalue weighted by Gasteiger charge is 2.04. The van der Waals surface area contributed by atoms with Crippen molar-refractivity contribution in [3.8, 4) is 17.2 Å². The summed E-state index contributed by atoms with van der Waals surface area (Å²) in [6, 6.07) is 14.8. The monoisotopic (exact) mass is 234 g/mol. The first kappa shape index (κ1) is 10.8. The Kier molecular flexibility index (Phi) is 3.32. The lowest BCUT2D eigenvalue weighted by Gasteiger charge is -2.08. The van der Waals surface area contributed by atoms with E-state index in [4.69, 9.17) is 21.1 Å². The number of benzene rings is 2. The van der Waals surface area contributed by atoms with Crippen LogP contribution in [0.15, 0.2) is 48.5 Å². The van der Waals surface area contributed by atoms with Gasteiger partial charge in [-0.1, -0.05) is 29.8 Å². The van der Waals surface area contributed by atoms with E-state index in [2.05, 4.69) is 0 Å². The molecule has 2 aromatic rings. The summed E-state index contributed by atoms with van der Waals surface area (Å²) < 4.78 is 10.7. The summed E-state index contributed by atoms with van der Waals surface area (Å²) in [6.45, 7) is 0. The summed E-state index contributed by atoms with van der Waals surface area (Å²) >= 11 is 6.05. The molecule has 0 spiro atoms. The van der Waals surface area contributed by atoms with Crippen LogP contribution >= 0.6 is 11.6 Å². The van der Waals surface area contributed by atoms with Crippen molar-refractivity contribution in [2.24, 2.45) is 0 Å². The van der Waals surface area contributed by atoms with Crippen molar-refractivity contribution in [1.29, 1.82) is 0 Å². The van der Waals surface area contributed by atoms with Crippen molar-refractivity contribution >= 4 is 11.6 Å². The molecule has 82 valence electrons. The molecule has 0 fully saturated rings. The van der Waals surface area contributed by atoms with Gasteiger partial charge in [-0.05, 0) is 24.3 Å². The number of hydrogen-bond acceptors (Lipinski definition) is 2. The van der Waals surface area contributed by atoms with Gasteiger partial charge >= 0.3 is 0 Å². The maximum Gasteiger partial charge on any atom is 0.146 e. The van der Waals surface area contributed by atoms with Crippen LogP contribution in [0.25, 0.3) is 0 Å². The lowest BCUT2D eigenvalue weighted by atomic mass is 10.3. The van der Waals surface area contributed by atoms with Crippen molar-refractivity contribution in [2.75, 3.05) is 7.11 Å². The van der Waals surface area contributed by atoms with Crippen molar-refractivity contribution in [2.45, 2.75) is 0 Å². The summed E-state index contributed by atoms with van der Waals surface area (Å²) in [6.07, 6.45) is 0. The zero-order valence-corrected chi connectivity index (χ0v) is 9.57. The van der Waals surface area contributed by atoms with Crippen LogP contribution in [-0.2, 0) is 0 Å². The van der Waals surface area contributed by atoms with Crippen LogP contribution in [0.2, 0.25) is 5.02 Å². The van der Waals surface area contributed by atoms with Crippen molar-refractivity contribution < 1.29 is 9.47 Å². The molecule has 2 rings (SSSR count). The summed E-state index contributed by atoms with van der Waals surface area (Å²) in [5.74, 6) is 2.09. The van der Waals surface area contributed by atoms with Crippen LogP contribution in [-0.4, -0.2) is 7.11 Å². The summed E-state index contributed by atoms with van der Waals surface area (Å²) in [5, 5.41) is 0.531. The van der Waals surface area contributed by atoms with Crippen LogP contribution in [0, 0.1) is 0 Å². The molecule has 0 aliphatic heterocycles.